The van der Waals surface area contributed by atoms with Crippen molar-refractivity contribution in [1.29, 1.82) is 0 Å². The molecule has 3 aromatic rings. The smallest absolute Gasteiger partial charge is 0.264 e. The van der Waals surface area contributed by atoms with Gasteiger partial charge in [-0.3, -0.25) is 9.78 Å². The first-order chi connectivity index (χ1) is 10.6. The molecule has 0 atom stereocenters. The molecule has 1 amide bonds. The van der Waals surface area contributed by atoms with Crippen molar-refractivity contribution in [3.63, 3.8) is 0 Å². The van der Waals surface area contributed by atoms with Crippen LogP contribution < -0.4 is 5.43 Å². The average molecular weight is 295 g/mol. The summed E-state index contributed by atoms with van der Waals surface area (Å²) in [6.45, 7) is 3.73. The number of nitrogens with zero attached hydrogens (tertiary/aromatic N) is 6. The molecule has 110 valence electrons. The van der Waals surface area contributed by atoms with E-state index in [4.69, 9.17) is 0 Å². The number of hydrazone groups is 1. The molecule has 0 aliphatic heterocycles. The minimum Gasteiger partial charge on any atom is -0.264 e. The topological polar surface area (TPSA) is 97.4 Å². The monoisotopic (exact) mass is 295 g/mol. The molecule has 0 radical (unpaired) electrons. The Morgan fingerprint density at radius 3 is 2.95 bits per heavy atom. The molecule has 3 heterocycles. The van der Waals surface area contributed by atoms with Gasteiger partial charge in [-0.05, 0) is 32.0 Å². The number of nitrogens with one attached hydrogen (secondary N) is 1. The van der Waals surface area contributed by atoms with Crippen LogP contribution in [-0.4, -0.2) is 36.7 Å². The second-order valence-corrected chi connectivity index (χ2v) is 4.64. The lowest BCUT2D eigenvalue weighted by atomic mass is 10.4. The van der Waals surface area contributed by atoms with E-state index in [1.165, 1.54) is 10.7 Å². The second kappa shape index (κ2) is 5.68. The van der Waals surface area contributed by atoms with Gasteiger partial charge in [0.2, 0.25) is 5.82 Å². The molecule has 22 heavy (non-hydrogen) atoms. The maximum absolute atomic E-state index is 12.0. The van der Waals surface area contributed by atoms with Gasteiger partial charge in [0.1, 0.15) is 0 Å². The lowest BCUT2D eigenvalue weighted by Gasteiger charge is -1.97. The van der Waals surface area contributed by atoms with Crippen molar-refractivity contribution < 1.29 is 4.79 Å². The van der Waals surface area contributed by atoms with Crippen LogP contribution >= 0.6 is 0 Å². The third-order valence-electron chi connectivity index (χ3n) is 2.87. The van der Waals surface area contributed by atoms with Crippen LogP contribution in [0.25, 0.3) is 5.78 Å². The maximum Gasteiger partial charge on any atom is 0.311 e. The molecule has 3 rings (SSSR count). The molecule has 0 saturated carbocycles. The van der Waals surface area contributed by atoms with Gasteiger partial charge in [0.25, 0.3) is 5.78 Å². The summed E-state index contributed by atoms with van der Waals surface area (Å²) < 4.78 is 1.52. The predicted octanol–water partition coefficient (Wildman–Crippen LogP) is 0.900. The molecule has 0 spiro atoms. The van der Waals surface area contributed by atoms with Crippen molar-refractivity contribution in [2.75, 3.05) is 0 Å². The van der Waals surface area contributed by atoms with Crippen LogP contribution in [0.5, 0.6) is 0 Å². The van der Waals surface area contributed by atoms with Crippen LogP contribution in [0.4, 0.5) is 0 Å². The Bertz CT molecular complexity index is 854. The fourth-order valence-electron chi connectivity index (χ4n) is 1.92. The highest BCUT2D eigenvalue weighted by molar-refractivity contribution is 5.91. The Balaban J connectivity index is 1.78. The van der Waals surface area contributed by atoms with E-state index in [-0.39, 0.29) is 5.82 Å². The zero-order valence-corrected chi connectivity index (χ0v) is 12.1. The molecule has 0 bridgehead atoms. The summed E-state index contributed by atoms with van der Waals surface area (Å²) in [6.07, 6.45) is 3.09. The van der Waals surface area contributed by atoms with Gasteiger partial charge in [-0.15, -0.1) is 5.10 Å². The average Bonchev–Trinajstić information content (AvgIpc) is 2.92. The maximum atomic E-state index is 12.0. The van der Waals surface area contributed by atoms with E-state index >= 15 is 0 Å². The SMILES string of the molecule is Cc1cc(C)n2nc(C(=O)NN=Cc3ccccn3)nc2n1. The standard InChI is InChI=1S/C14H13N7O/c1-9-7-10(2)21-14(17-9)18-12(20-21)13(22)19-16-8-11-5-3-4-6-15-11/h3-8H,1-2H3,(H,19,22). The molecule has 0 aromatic carbocycles. The third kappa shape index (κ3) is 2.80. The van der Waals surface area contributed by atoms with Crippen LogP contribution in [-0.2, 0) is 0 Å². The van der Waals surface area contributed by atoms with Crippen LogP contribution in [0.15, 0.2) is 35.6 Å². The highest BCUT2D eigenvalue weighted by Gasteiger charge is 2.14. The predicted molar refractivity (Wildman–Crippen MR) is 79.6 cm³/mol. The summed E-state index contributed by atoms with van der Waals surface area (Å²) in [4.78, 5) is 24.4. The zero-order valence-electron chi connectivity index (χ0n) is 12.1. The van der Waals surface area contributed by atoms with Gasteiger partial charge in [0.05, 0.1) is 11.9 Å². The molecule has 0 unspecified atom stereocenters. The molecule has 3 aromatic heterocycles. The number of fused-ring (bicyclic) bond motifs is 1. The number of hydrogen-bond donors (Lipinski definition) is 1. The molecule has 1 N–H and O–H groups in total. The second-order valence-electron chi connectivity index (χ2n) is 4.64. The quantitative estimate of drug-likeness (QED) is 0.572. The van der Waals surface area contributed by atoms with Crippen molar-refractivity contribution in [3.05, 3.63) is 53.4 Å². The number of carbonyl (C=O) groups is 1. The summed E-state index contributed by atoms with van der Waals surface area (Å²) >= 11 is 0. The van der Waals surface area contributed by atoms with Crippen molar-refractivity contribution in [2.24, 2.45) is 5.10 Å². The largest absolute Gasteiger partial charge is 0.311 e. The molecule has 0 fully saturated rings. The highest BCUT2D eigenvalue weighted by atomic mass is 16.2. The van der Waals surface area contributed by atoms with E-state index in [1.807, 2.05) is 26.0 Å². The number of aryl methyl sites for hydroxylation is 2. The van der Waals surface area contributed by atoms with Gasteiger partial charge >= 0.3 is 5.91 Å². The Hall–Kier alpha value is -3.16. The lowest BCUT2D eigenvalue weighted by molar-refractivity contribution is 0.0945. The first-order valence-corrected chi connectivity index (χ1v) is 6.59. The zero-order chi connectivity index (χ0) is 15.5. The van der Waals surface area contributed by atoms with E-state index in [9.17, 15) is 4.79 Å². The van der Waals surface area contributed by atoms with Crippen molar-refractivity contribution in [3.8, 4) is 0 Å². The van der Waals surface area contributed by atoms with Gasteiger partial charge in [0, 0.05) is 17.6 Å². The Kier molecular flexibility index (Phi) is 3.57. The molecule has 0 saturated heterocycles. The van der Waals surface area contributed by atoms with E-state index < -0.39 is 5.91 Å². The minimum absolute atomic E-state index is 0.0133. The number of hydrogen-bond acceptors (Lipinski definition) is 6. The van der Waals surface area contributed by atoms with E-state index in [1.54, 1.807) is 18.3 Å². The third-order valence-corrected chi connectivity index (χ3v) is 2.87. The summed E-state index contributed by atoms with van der Waals surface area (Å²) in [5, 5.41) is 7.95. The first kappa shape index (κ1) is 13.8. The molecular formula is C14H13N7O. The summed E-state index contributed by atoms with van der Waals surface area (Å²) in [6, 6.07) is 7.27. The van der Waals surface area contributed by atoms with Gasteiger partial charge in [0.15, 0.2) is 0 Å². The Morgan fingerprint density at radius 1 is 1.32 bits per heavy atom. The summed E-state index contributed by atoms with van der Waals surface area (Å²) in [5.74, 6) is -0.106. The Labute approximate surface area is 125 Å². The fraction of sp³-hybridized carbons (Fsp3) is 0.143. The van der Waals surface area contributed by atoms with Crippen molar-refractivity contribution >= 4 is 17.9 Å². The van der Waals surface area contributed by atoms with E-state index in [0.29, 0.717) is 11.5 Å². The van der Waals surface area contributed by atoms with Crippen LogP contribution in [0.3, 0.4) is 0 Å². The highest BCUT2D eigenvalue weighted by Crippen LogP contribution is 2.05. The first-order valence-electron chi connectivity index (χ1n) is 6.59. The van der Waals surface area contributed by atoms with Gasteiger partial charge in [-0.1, -0.05) is 6.07 Å². The van der Waals surface area contributed by atoms with Gasteiger partial charge < -0.3 is 0 Å². The Morgan fingerprint density at radius 2 is 2.18 bits per heavy atom. The van der Waals surface area contributed by atoms with Crippen molar-refractivity contribution in [2.45, 2.75) is 13.8 Å². The molecule has 0 aliphatic carbocycles. The van der Waals surface area contributed by atoms with E-state index in [0.717, 1.165) is 11.4 Å². The summed E-state index contributed by atoms with van der Waals surface area (Å²) in [7, 11) is 0. The number of pyridine rings is 1. The lowest BCUT2D eigenvalue weighted by Crippen LogP contribution is -2.19. The van der Waals surface area contributed by atoms with E-state index in [2.05, 4.69) is 30.6 Å². The van der Waals surface area contributed by atoms with Crippen molar-refractivity contribution in [1.82, 2.24) is 30.0 Å². The van der Waals surface area contributed by atoms with Gasteiger partial charge in [-0.2, -0.15) is 10.1 Å². The molecule has 8 heteroatoms. The van der Waals surface area contributed by atoms with Crippen LogP contribution in [0.2, 0.25) is 0 Å². The number of amides is 1. The minimum atomic E-state index is -0.505. The van der Waals surface area contributed by atoms with Crippen LogP contribution in [0.1, 0.15) is 27.7 Å². The van der Waals surface area contributed by atoms with Crippen LogP contribution in [0, 0.1) is 13.8 Å². The normalized spacial score (nSPS) is 11.2. The number of aromatic nitrogens is 5. The number of rotatable bonds is 3. The molecule has 8 nitrogen and oxygen atoms in total. The van der Waals surface area contributed by atoms with Gasteiger partial charge in [-0.25, -0.2) is 14.9 Å². The summed E-state index contributed by atoms with van der Waals surface area (Å²) in [5.41, 5.74) is 4.67. The number of carbonyl (C=O) groups excluding carboxylic acids is 1. The molecule has 0 aliphatic rings. The molecular weight excluding hydrogens is 282 g/mol. The fourth-order valence-corrected chi connectivity index (χ4v) is 1.92.